The second-order valence-electron chi connectivity index (χ2n) is 11.0. The second kappa shape index (κ2) is 10.0. The van der Waals surface area contributed by atoms with E-state index in [1.54, 1.807) is 0 Å². The Kier molecular flexibility index (Phi) is 6.58. The third-order valence-corrected chi connectivity index (χ3v) is 8.25. The molecule has 2 saturated heterocycles. The lowest BCUT2D eigenvalue weighted by atomic mass is 9.88. The van der Waals surface area contributed by atoms with Gasteiger partial charge in [0.05, 0.1) is 23.2 Å². The first-order valence-corrected chi connectivity index (χ1v) is 13.7. The van der Waals surface area contributed by atoms with Gasteiger partial charge in [0.1, 0.15) is 0 Å². The Morgan fingerprint density at radius 3 is 2.45 bits per heavy atom. The number of anilines is 1. The van der Waals surface area contributed by atoms with Crippen LogP contribution >= 0.6 is 11.6 Å². The highest BCUT2D eigenvalue weighted by atomic mass is 35.5. The molecule has 8 heteroatoms. The number of aromatic amines is 1. The van der Waals surface area contributed by atoms with Crippen LogP contribution in [-0.2, 0) is 4.79 Å². The third kappa shape index (κ3) is 4.76. The molecule has 1 amide bonds. The number of hydrogen-bond donors (Lipinski definition) is 2. The van der Waals surface area contributed by atoms with Gasteiger partial charge < -0.3 is 15.1 Å². The number of amides is 1. The molecule has 0 saturated carbocycles. The van der Waals surface area contributed by atoms with Gasteiger partial charge in [-0.1, -0.05) is 54.1 Å². The molecule has 7 nitrogen and oxygen atoms in total. The summed E-state index contributed by atoms with van der Waals surface area (Å²) >= 11 is 6.19. The Hall–Kier alpha value is -3.42. The zero-order chi connectivity index (χ0) is 26.3. The highest BCUT2D eigenvalue weighted by molar-refractivity contribution is 6.30. The van der Waals surface area contributed by atoms with E-state index in [1.807, 2.05) is 59.8 Å². The number of pyridine rings is 1. The van der Waals surface area contributed by atoms with Crippen molar-refractivity contribution in [3.8, 4) is 11.1 Å². The topological polar surface area (TPSA) is 77.2 Å². The highest BCUT2D eigenvalue weighted by Crippen LogP contribution is 2.37. The fourth-order valence-corrected chi connectivity index (χ4v) is 6.16. The number of hydrogen-bond acceptors (Lipinski definition) is 5. The molecule has 2 aliphatic heterocycles. The van der Waals surface area contributed by atoms with Crippen LogP contribution in [0, 0.1) is 0 Å². The number of piperazine rings is 1. The van der Waals surface area contributed by atoms with Crippen LogP contribution < -0.4 is 10.2 Å². The van der Waals surface area contributed by atoms with E-state index in [4.69, 9.17) is 11.6 Å². The number of aromatic nitrogens is 3. The molecule has 4 aromatic rings. The van der Waals surface area contributed by atoms with Crippen molar-refractivity contribution in [3.05, 3.63) is 77.6 Å². The van der Waals surface area contributed by atoms with Crippen molar-refractivity contribution < 1.29 is 4.79 Å². The van der Waals surface area contributed by atoms with Crippen molar-refractivity contribution in [2.75, 3.05) is 31.1 Å². The number of H-pyrrole nitrogens is 1. The second-order valence-corrected chi connectivity index (χ2v) is 11.5. The van der Waals surface area contributed by atoms with E-state index in [2.05, 4.69) is 51.4 Å². The Labute approximate surface area is 228 Å². The molecule has 0 aliphatic carbocycles. The molecule has 38 heavy (non-hydrogen) atoms. The molecular weight excluding hydrogens is 496 g/mol. The molecule has 2 aliphatic rings. The number of fused-ring (bicyclic) bond motifs is 1. The minimum atomic E-state index is -0.234. The fourth-order valence-electron chi connectivity index (χ4n) is 6.03. The van der Waals surface area contributed by atoms with E-state index in [0.717, 1.165) is 59.3 Å². The highest BCUT2D eigenvalue weighted by Gasteiger charge is 2.41. The van der Waals surface area contributed by atoms with E-state index in [0.29, 0.717) is 18.1 Å². The van der Waals surface area contributed by atoms with Gasteiger partial charge in [0.15, 0.2) is 5.65 Å². The van der Waals surface area contributed by atoms with Gasteiger partial charge in [-0.3, -0.25) is 9.89 Å². The first kappa shape index (κ1) is 24.9. The number of carbonyl (C=O) groups excluding carboxylic acids is 1. The van der Waals surface area contributed by atoms with Gasteiger partial charge in [-0.15, -0.1) is 0 Å². The zero-order valence-corrected chi connectivity index (χ0v) is 22.6. The van der Waals surface area contributed by atoms with E-state index in [9.17, 15) is 4.79 Å². The molecule has 0 radical (unpaired) electrons. The SMILES string of the molecule is CC1(C)CC[C@@H]([C@@H](C(=O)N2CCN(c3c(-c4ccccc4)cnc4[nH]ncc34)CC2)c2ccc(Cl)cc2)N1. The van der Waals surface area contributed by atoms with Crippen LogP contribution in [0.1, 0.15) is 38.2 Å². The number of nitrogens with zero attached hydrogens (tertiary/aromatic N) is 4. The Morgan fingerprint density at radius 1 is 1.03 bits per heavy atom. The van der Waals surface area contributed by atoms with Gasteiger partial charge in [-0.05, 0) is 49.9 Å². The third-order valence-electron chi connectivity index (χ3n) is 8.00. The zero-order valence-electron chi connectivity index (χ0n) is 21.8. The first-order chi connectivity index (χ1) is 18.4. The maximum Gasteiger partial charge on any atom is 0.231 e. The van der Waals surface area contributed by atoms with Gasteiger partial charge in [0.2, 0.25) is 5.91 Å². The summed E-state index contributed by atoms with van der Waals surface area (Å²) in [6, 6.07) is 18.2. The molecule has 2 atom stereocenters. The van der Waals surface area contributed by atoms with Crippen LogP contribution in [0.15, 0.2) is 67.0 Å². The predicted molar refractivity (Wildman–Crippen MR) is 153 cm³/mol. The molecule has 2 aromatic heterocycles. The van der Waals surface area contributed by atoms with Crippen LogP contribution in [0.25, 0.3) is 22.2 Å². The number of nitrogens with one attached hydrogen (secondary N) is 2. The largest absolute Gasteiger partial charge is 0.367 e. The summed E-state index contributed by atoms with van der Waals surface area (Å²) in [6.07, 6.45) is 5.80. The van der Waals surface area contributed by atoms with Crippen LogP contribution in [0.3, 0.4) is 0 Å². The van der Waals surface area contributed by atoms with Crippen molar-refractivity contribution in [1.29, 1.82) is 0 Å². The smallest absolute Gasteiger partial charge is 0.231 e. The maximum atomic E-state index is 14.1. The first-order valence-electron chi connectivity index (χ1n) is 13.3. The summed E-state index contributed by atoms with van der Waals surface area (Å²) in [5.41, 5.74) is 5.15. The molecular formula is C30H33ClN6O. The fraction of sp³-hybridized carbons (Fsp3) is 0.367. The van der Waals surface area contributed by atoms with E-state index >= 15 is 0 Å². The van der Waals surface area contributed by atoms with Gasteiger partial charge in [0, 0.05) is 54.5 Å². The summed E-state index contributed by atoms with van der Waals surface area (Å²) in [6.45, 7) is 7.24. The number of carbonyl (C=O) groups is 1. The maximum absolute atomic E-state index is 14.1. The van der Waals surface area contributed by atoms with Crippen LogP contribution in [0.4, 0.5) is 5.69 Å². The van der Waals surface area contributed by atoms with Gasteiger partial charge in [-0.2, -0.15) is 5.10 Å². The van der Waals surface area contributed by atoms with Crippen LogP contribution in [0.5, 0.6) is 0 Å². The molecule has 4 heterocycles. The van der Waals surface area contributed by atoms with Crippen molar-refractivity contribution in [2.24, 2.45) is 0 Å². The Morgan fingerprint density at radius 2 is 1.76 bits per heavy atom. The molecule has 2 fully saturated rings. The summed E-state index contributed by atoms with van der Waals surface area (Å²) in [5, 5.41) is 12.7. The van der Waals surface area contributed by atoms with Gasteiger partial charge >= 0.3 is 0 Å². The minimum absolute atomic E-state index is 0.0273. The average Bonchev–Trinajstić information content (AvgIpc) is 3.56. The Bertz CT molecular complexity index is 1430. The number of rotatable bonds is 5. The standard InChI is InChI=1S/C30H33ClN6O/c1-30(2)13-12-25(34-30)26(21-8-10-22(31)11-9-21)29(38)37-16-14-36(15-17-37)27-23(20-6-4-3-5-7-20)18-32-28-24(27)19-33-35-28/h3-11,18-19,25-26,34H,12-17H2,1-2H3,(H,32,33,35)/t25-,26-/m0/s1. The molecule has 2 aromatic carbocycles. The van der Waals surface area contributed by atoms with Crippen molar-refractivity contribution in [3.63, 3.8) is 0 Å². The van der Waals surface area contributed by atoms with Crippen molar-refractivity contribution in [2.45, 2.75) is 44.2 Å². The van der Waals surface area contributed by atoms with E-state index in [-0.39, 0.29) is 23.4 Å². The number of benzene rings is 2. The number of halogens is 1. The van der Waals surface area contributed by atoms with Gasteiger partial charge in [-0.25, -0.2) is 4.98 Å². The Balaban J connectivity index is 1.26. The molecule has 0 bridgehead atoms. The summed E-state index contributed by atoms with van der Waals surface area (Å²) in [7, 11) is 0. The lowest BCUT2D eigenvalue weighted by Gasteiger charge is -2.39. The normalized spacial score (nSPS) is 20.1. The van der Waals surface area contributed by atoms with Crippen molar-refractivity contribution in [1.82, 2.24) is 25.4 Å². The predicted octanol–water partition coefficient (Wildman–Crippen LogP) is 5.24. The monoisotopic (exact) mass is 528 g/mol. The quantitative estimate of drug-likeness (QED) is 0.370. The minimum Gasteiger partial charge on any atom is -0.367 e. The summed E-state index contributed by atoms with van der Waals surface area (Å²) in [5.74, 6) is -0.0457. The molecule has 0 spiro atoms. The molecule has 2 N–H and O–H groups in total. The average molecular weight is 529 g/mol. The van der Waals surface area contributed by atoms with Crippen LogP contribution in [0.2, 0.25) is 5.02 Å². The molecule has 6 rings (SSSR count). The van der Waals surface area contributed by atoms with E-state index < -0.39 is 0 Å². The summed E-state index contributed by atoms with van der Waals surface area (Å²) in [4.78, 5) is 23.1. The lowest BCUT2D eigenvalue weighted by Crippen LogP contribution is -2.53. The summed E-state index contributed by atoms with van der Waals surface area (Å²) < 4.78 is 0. The van der Waals surface area contributed by atoms with Gasteiger partial charge in [0.25, 0.3) is 0 Å². The van der Waals surface area contributed by atoms with Crippen LogP contribution in [-0.4, -0.2) is 63.7 Å². The molecule has 0 unspecified atom stereocenters. The lowest BCUT2D eigenvalue weighted by molar-refractivity contribution is -0.133. The van der Waals surface area contributed by atoms with E-state index in [1.165, 1.54) is 0 Å². The molecule has 196 valence electrons. The van der Waals surface area contributed by atoms with Crippen molar-refractivity contribution >= 4 is 34.2 Å².